The Kier molecular flexibility index (Phi) is 32.0. The SMILES string of the molecule is Cc1ccc(-c2csc(N3CCc4cc(C(=O)CO)cc(Cl)c4C3)n2)cc1.O=C(CO)c1cc(Cl)c2c(c1)CCN(c1nc(-c3cccc(Cl)c3)cs1)C2.O=C(CO)c1cc(F)c2c(c1)CCN(c1nccc(NCc3ccccc3)n1)C2.O=C(CO)c1ccc2c(c1)CCN(c1ccnc(NCc3ccccc3)n1)C2.O=C(CO)c1ccc2c(c1)CCN(c1nc(-c3cccnc3)cs1)C2. The van der Waals surface area contributed by atoms with Crippen molar-refractivity contribution in [2.24, 2.45) is 0 Å². The number of halogens is 4. The number of hydrogen-bond acceptors (Lipinski definition) is 28. The molecule has 0 unspecified atom stereocenters. The summed E-state index contributed by atoms with van der Waals surface area (Å²) in [6.07, 6.45) is 10.9. The number of aliphatic hydroxyl groups is 5. The molecule has 0 spiro atoms. The Balaban J connectivity index is 0.000000123. The number of ketones is 5. The molecule has 5 aliphatic heterocycles. The number of anilines is 7. The normalized spacial score (nSPS) is 13.4. The molecule has 32 heteroatoms. The van der Waals surface area contributed by atoms with E-state index in [0.29, 0.717) is 106 Å². The van der Waals surface area contributed by atoms with Crippen molar-refractivity contribution in [2.45, 2.75) is 84.8 Å². The van der Waals surface area contributed by atoms with Crippen molar-refractivity contribution in [2.75, 3.05) is 101 Å². The fourth-order valence-corrected chi connectivity index (χ4v) is 19.8. The number of rotatable bonds is 24. The lowest BCUT2D eigenvalue weighted by atomic mass is 9.95. The highest BCUT2D eigenvalue weighted by Gasteiger charge is 2.30. The number of carbonyl (C=O) groups is 5. The summed E-state index contributed by atoms with van der Waals surface area (Å²) in [6.45, 7) is 7.94. The lowest BCUT2D eigenvalue weighted by Crippen LogP contribution is -2.32. The summed E-state index contributed by atoms with van der Waals surface area (Å²) in [4.78, 5) is 106. The van der Waals surface area contributed by atoms with E-state index in [-0.39, 0.29) is 28.7 Å². The average Bonchev–Trinajstić information content (AvgIpc) is 1.51. The van der Waals surface area contributed by atoms with E-state index in [0.717, 1.165) is 159 Å². The summed E-state index contributed by atoms with van der Waals surface area (Å²) in [5, 5.41) is 62.7. The van der Waals surface area contributed by atoms with Crippen LogP contribution < -0.4 is 35.1 Å². The minimum absolute atomic E-state index is 0.209. The summed E-state index contributed by atoms with van der Waals surface area (Å²) in [6, 6.07) is 65.1. The molecule has 15 aromatic rings. The number of fused-ring (bicyclic) bond motifs is 5. The van der Waals surface area contributed by atoms with Gasteiger partial charge in [0.1, 0.15) is 50.5 Å². The second-order valence-electron chi connectivity index (χ2n) is 32.8. The molecule has 25 nitrogen and oxygen atoms in total. The number of nitrogens with zero attached hydrogens (tertiary/aromatic N) is 13. The standard InChI is InChI=1S/C22H21FN4O2.C22H22N4O2.C21H19ClN2O2S.C20H16Cl2N2O2S.C19H17N3O2S/c23-19-11-17(20(29)14-28)10-16-7-9-27(13-18(16)19)22-24-8-6-21(26-22)25-12-15-4-2-1-3-5-15;27-15-20(28)18-6-7-19-14-26(11-9-17(19)12-18)21-8-10-23-22(25-21)24-13-16-4-2-1-3-5-16;1-13-2-4-14(5-3-13)19-12-27-21(23-19)24-7-6-15-8-16(20(26)11-25)9-18(22)17(15)10-24;21-15-3-1-2-13(7-15)18-11-27-20(23-18)24-5-4-12-6-14(19(26)10-25)8-17(22)16(12)9-24;23-11-18(24)14-3-4-16-10-22(7-5-13(16)8-14)19-21-17(12-25-19)15-2-1-6-20-9-15/h1-6,8,10-11,28H,7,9,12-14H2,(H,24,25,26);1-8,10,12,27H,9,11,13-15H2,(H,23,24,25);2-5,8-9,12,25H,6-7,10-11H2,1H3;1-3,6-8,11,25H,4-5,9-10H2;1-4,6,8-9,12,23H,5,7,10-11H2. The van der Waals surface area contributed by atoms with Crippen molar-refractivity contribution in [3.63, 3.8) is 0 Å². The van der Waals surface area contributed by atoms with E-state index >= 15 is 0 Å². The molecule has 136 heavy (non-hydrogen) atoms. The van der Waals surface area contributed by atoms with Gasteiger partial charge in [-0.1, -0.05) is 162 Å². The molecule has 0 saturated heterocycles. The van der Waals surface area contributed by atoms with Crippen LogP contribution in [-0.4, -0.2) is 160 Å². The monoisotopic (exact) mass is 1930 g/mol. The maximum Gasteiger partial charge on any atom is 0.227 e. The van der Waals surface area contributed by atoms with Gasteiger partial charge in [0.25, 0.3) is 0 Å². The number of aryl methyl sites for hydroxylation is 1. The zero-order valence-electron chi connectivity index (χ0n) is 74.1. The highest BCUT2D eigenvalue weighted by molar-refractivity contribution is 7.14. The van der Waals surface area contributed by atoms with Crippen molar-refractivity contribution in [3.05, 3.63) is 368 Å². The van der Waals surface area contributed by atoms with Crippen LogP contribution in [0, 0.1) is 12.7 Å². The lowest BCUT2D eigenvalue weighted by molar-refractivity contribution is 0.0897. The largest absolute Gasteiger partial charge is 0.388 e. The summed E-state index contributed by atoms with van der Waals surface area (Å²) in [5.41, 5.74) is 22.1. The Bertz CT molecular complexity index is 6800. The highest BCUT2D eigenvalue weighted by atomic mass is 35.5. The Morgan fingerprint density at radius 3 is 1.36 bits per heavy atom. The molecule has 7 N–H and O–H groups in total. The van der Waals surface area contributed by atoms with Gasteiger partial charge in [-0.15, -0.1) is 34.0 Å². The molecule has 11 heterocycles. The number of nitrogens with one attached hydrogen (secondary N) is 2. The average molecular weight is 1940 g/mol. The van der Waals surface area contributed by atoms with Crippen LogP contribution in [0.4, 0.5) is 43.3 Å². The topological polar surface area (TPSA) is 330 Å². The van der Waals surface area contributed by atoms with Gasteiger partial charge < -0.3 is 60.7 Å². The molecule has 0 aliphatic carbocycles. The van der Waals surface area contributed by atoms with E-state index in [1.807, 2.05) is 144 Å². The zero-order valence-corrected chi connectivity index (χ0v) is 78.8. The minimum Gasteiger partial charge on any atom is -0.388 e. The molecule has 0 saturated carbocycles. The van der Waals surface area contributed by atoms with E-state index in [2.05, 4.69) is 109 Å². The molecule has 692 valence electrons. The number of aromatic nitrogens is 8. The smallest absolute Gasteiger partial charge is 0.227 e. The molecule has 0 bridgehead atoms. The quantitative estimate of drug-likeness (QED) is 0.0276. The van der Waals surface area contributed by atoms with Crippen molar-refractivity contribution in [3.8, 4) is 33.8 Å². The van der Waals surface area contributed by atoms with E-state index < -0.39 is 44.6 Å². The van der Waals surface area contributed by atoms with Gasteiger partial charge in [-0.3, -0.25) is 29.0 Å². The Hall–Kier alpha value is -13.3. The zero-order chi connectivity index (χ0) is 94.7. The number of benzene rings is 9. The van der Waals surface area contributed by atoms with Gasteiger partial charge in [0.05, 0.1) is 17.1 Å². The van der Waals surface area contributed by atoms with Crippen LogP contribution in [0.1, 0.15) is 124 Å². The van der Waals surface area contributed by atoms with Gasteiger partial charge in [-0.05, 0) is 185 Å². The van der Waals surface area contributed by atoms with Crippen LogP contribution in [-0.2, 0) is 77.9 Å². The molecule has 0 fully saturated rings. The second-order valence-corrected chi connectivity index (χ2v) is 36.6. The number of Topliss-reactive ketones (excluding diaryl/α,β-unsaturated/α-hetero) is 5. The maximum absolute atomic E-state index is 14.6. The van der Waals surface area contributed by atoms with Crippen molar-refractivity contribution < 1.29 is 53.9 Å². The first-order valence-corrected chi connectivity index (χ1v) is 47.9. The van der Waals surface area contributed by atoms with Crippen LogP contribution in [0.2, 0.25) is 15.1 Å². The third-order valence-corrected chi connectivity index (χ3v) is 27.5. The van der Waals surface area contributed by atoms with E-state index in [1.54, 1.807) is 89.0 Å². The number of pyridine rings is 1. The summed E-state index contributed by atoms with van der Waals surface area (Å²) in [5.74, 6) is 0.719. The van der Waals surface area contributed by atoms with Gasteiger partial charge in [0, 0.05) is 185 Å². The van der Waals surface area contributed by atoms with Crippen LogP contribution in [0.25, 0.3) is 33.8 Å². The van der Waals surface area contributed by atoms with Crippen LogP contribution in [0.3, 0.4) is 0 Å². The first kappa shape index (κ1) is 95.9. The van der Waals surface area contributed by atoms with Gasteiger partial charge in [-0.2, -0.15) is 9.97 Å². The molecule has 0 amide bonds. The van der Waals surface area contributed by atoms with E-state index in [9.17, 15) is 28.4 Å². The predicted octanol–water partition coefficient (Wildman–Crippen LogP) is 18.1. The molecule has 9 aromatic carbocycles. The third-order valence-electron chi connectivity index (χ3n) is 23.8. The Morgan fingerprint density at radius 2 is 0.831 bits per heavy atom. The van der Waals surface area contributed by atoms with Gasteiger partial charge in [0.15, 0.2) is 44.3 Å². The van der Waals surface area contributed by atoms with Gasteiger partial charge >= 0.3 is 0 Å². The molecule has 6 aromatic heterocycles. The maximum atomic E-state index is 14.6. The van der Waals surface area contributed by atoms with E-state index in [4.69, 9.17) is 75.3 Å². The number of aliphatic hydroxyl groups excluding tert-OH is 5. The van der Waals surface area contributed by atoms with Crippen LogP contribution in [0.5, 0.6) is 0 Å². The number of thiazole rings is 3. The fraction of sp³-hybridized carbons (Fsp3) is 0.221. The van der Waals surface area contributed by atoms with Crippen molar-refractivity contribution in [1.82, 2.24) is 39.9 Å². The first-order chi connectivity index (χ1) is 66.2. The fourth-order valence-electron chi connectivity index (χ4n) is 16.4. The van der Waals surface area contributed by atoms with Gasteiger partial charge in [-0.25, -0.2) is 29.3 Å². The highest BCUT2D eigenvalue weighted by Crippen LogP contribution is 2.39. The summed E-state index contributed by atoms with van der Waals surface area (Å²) in [7, 11) is 0. The Morgan fingerprint density at radius 1 is 0.382 bits per heavy atom. The van der Waals surface area contributed by atoms with Crippen molar-refractivity contribution >= 4 is 137 Å². The summed E-state index contributed by atoms with van der Waals surface area (Å²) < 4.78 is 14.6. The van der Waals surface area contributed by atoms with Crippen LogP contribution in [0.15, 0.2) is 247 Å². The first-order valence-electron chi connectivity index (χ1n) is 44.1. The molecular formula is C104H95Cl3FN15O10S3. The number of carbonyl (C=O) groups excluding carboxylic acids is 5. The van der Waals surface area contributed by atoms with E-state index in [1.165, 1.54) is 33.9 Å². The molecule has 5 aliphatic rings. The minimum atomic E-state index is -0.624. The third kappa shape index (κ3) is 24.0. The molecule has 0 radical (unpaired) electrons. The summed E-state index contributed by atoms with van der Waals surface area (Å²) >= 11 is 23.8. The van der Waals surface area contributed by atoms with Gasteiger partial charge in [0.2, 0.25) is 11.9 Å². The molecular weight excluding hydrogens is 1840 g/mol. The van der Waals surface area contributed by atoms with Crippen molar-refractivity contribution in [1.29, 1.82) is 0 Å². The molecule has 0 atom stereocenters. The van der Waals surface area contributed by atoms with Crippen LogP contribution >= 0.6 is 68.8 Å². The predicted molar refractivity (Wildman–Crippen MR) is 535 cm³/mol. The Labute approximate surface area is 812 Å². The number of hydrogen-bond donors (Lipinski definition) is 7. The second kappa shape index (κ2) is 45.4. The lowest BCUT2D eigenvalue weighted by Gasteiger charge is -2.30. The molecule has 20 rings (SSSR count).